The van der Waals surface area contributed by atoms with Crippen LogP contribution < -0.4 is 19.5 Å². The van der Waals surface area contributed by atoms with E-state index in [1.807, 2.05) is 0 Å². The number of methoxy groups -OCH3 is 3. The summed E-state index contributed by atoms with van der Waals surface area (Å²) in [5.74, 6) is 0.800. The van der Waals surface area contributed by atoms with E-state index < -0.39 is 15.8 Å². The van der Waals surface area contributed by atoms with Crippen molar-refractivity contribution in [1.29, 1.82) is 0 Å². The third kappa shape index (κ3) is 3.80. The molecule has 7 nitrogen and oxygen atoms in total. The highest BCUT2D eigenvalue weighted by atomic mass is 35.5. The Balaban J connectivity index is 1.86. The van der Waals surface area contributed by atoms with Crippen LogP contribution in [0.2, 0.25) is 5.02 Å². The van der Waals surface area contributed by atoms with Crippen molar-refractivity contribution >= 4 is 44.4 Å². The molecule has 0 bridgehead atoms. The molecule has 0 fully saturated rings. The lowest BCUT2D eigenvalue weighted by molar-refractivity contribution is -0.116. The fraction of sp³-hybridized carbons (Fsp3) is 0.227. The monoisotopic (exact) mass is 493 g/mol. The summed E-state index contributed by atoms with van der Waals surface area (Å²) in [7, 11) is 0.713. The number of carbonyl (C=O) groups is 1. The Kier molecular flexibility index (Phi) is 6.07. The van der Waals surface area contributed by atoms with E-state index in [2.05, 4.69) is 5.32 Å². The van der Waals surface area contributed by atoms with E-state index in [1.54, 1.807) is 17.5 Å². The van der Waals surface area contributed by atoms with Gasteiger partial charge < -0.3 is 19.5 Å². The predicted molar refractivity (Wildman–Crippen MR) is 122 cm³/mol. The van der Waals surface area contributed by atoms with Crippen LogP contribution in [-0.2, 0) is 14.6 Å². The zero-order chi connectivity index (χ0) is 23.0. The van der Waals surface area contributed by atoms with Crippen molar-refractivity contribution in [2.75, 3.05) is 26.6 Å². The SMILES string of the molecule is COc1cc(OC)c([C@@H]2CC(=O)Nc3c(S(=O)(=O)c4ccc(Cl)cc4)csc32)cc1OC. The predicted octanol–water partition coefficient (Wildman–Crippen LogP) is 4.73. The molecule has 168 valence electrons. The molecule has 0 aliphatic carbocycles. The largest absolute Gasteiger partial charge is 0.496 e. The minimum atomic E-state index is -3.86. The van der Waals surface area contributed by atoms with Crippen LogP contribution in [-0.4, -0.2) is 35.7 Å². The van der Waals surface area contributed by atoms with Crippen LogP contribution in [0.1, 0.15) is 22.8 Å². The highest BCUT2D eigenvalue weighted by molar-refractivity contribution is 7.91. The Morgan fingerprint density at radius 2 is 1.62 bits per heavy atom. The van der Waals surface area contributed by atoms with Gasteiger partial charge in [0.05, 0.1) is 31.9 Å². The fourth-order valence-electron chi connectivity index (χ4n) is 3.72. The summed E-state index contributed by atoms with van der Waals surface area (Å²) in [5.41, 5.74) is 1.00. The Bertz CT molecular complexity index is 1280. The van der Waals surface area contributed by atoms with Crippen molar-refractivity contribution in [3.8, 4) is 17.2 Å². The first kappa shape index (κ1) is 22.4. The van der Waals surface area contributed by atoms with Crippen molar-refractivity contribution < 1.29 is 27.4 Å². The maximum Gasteiger partial charge on any atom is 0.225 e. The molecule has 1 aromatic heterocycles. The summed E-state index contributed by atoms with van der Waals surface area (Å²) < 4.78 is 42.9. The average Bonchev–Trinajstić information content (AvgIpc) is 3.22. The maximum absolute atomic E-state index is 13.3. The van der Waals surface area contributed by atoms with Gasteiger partial charge in [0.1, 0.15) is 10.6 Å². The van der Waals surface area contributed by atoms with Gasteiger partial charge in [-0.05, 0) is 30.3 Å². The standard InChI is InChI=1S/C22H20ClNO6S2/c1-28-16-10-18(30-3)17(29-2)8-14(16)15-9-20(25)24-21-19(11-31-22(15)21)32(26,27)13-6-4-12(23)5-7-13/h4-8,10-11,15H,9H2,1-3H3,(H,24,25)/t15-/m0/s1. The van der Waals surface area contributed by atoms with Crippen molar-refractivity contribution in [3.05, 3.63) is 57.2 Å². The van der Waals surface area contributed by atoms with Gasteiger partial charge in [0, 0.05) is 39.2 Å². The number of halogens is 1. The summed E-state index contributed by atoms with van der Waals surface area (Å²) in [6, 6.07) is 9.38. The third-order valence-electron chi connectivity index (χ3n) is 5.28. The highest BCUT2D eigenvalue weighted by Crippen LogP contribution is 2.49. The molecule has 0 unspecified atom stereocenters. The van der Waals surface area contributed by atoms with Gasteiger partial charge in [0.25, 0.3) is 0 Å². The lowest BCUT2D eigenvalue weighted by Gasteiger charge is -2.26. The number of anilines is 1. The van der Waals surface area contributed by atoms with E-state index in [9.17, 15) is 13.2 Å². The maximum atomic E-state index is 13.3. The number of hydrogen-bond donors (Lipinski definition) is 1. The number of hydrogen-bond acceptors (Lipinski definition) is 7. The van der Waals surface area contributed by atoms with Gasteiger partial charge in [-0.2, -0.15) is 0 Å². The number of sulfone groups is 1. The molecule has 32 heavy (non-hydrogen) atoms. The fourth-order valence-corrected chi connectivity index (χ4v) is 6.74. The first-order chi connectivity index (χ1) is 15.3. The summed E-state index contributed by atoms with van der Waals surface area (Å²) in [4.78, 5) is 13.5. The topological polar surface area (TPSA) is 90.9 Å². The van der Waals surface area contributed by atoms with Crippen molar-refractivity contribution in [2.24, 2.45) is 0 Å². The lowest BCUT2D eigenvalue weighted by Crippen LogP contribution is -2.23. The molecule has 2 aromatic carbocycles. The Morgan fingerprint density at radius 1 is 1.00 bits per heavy atom. The van der Waals surface area contributed by atoms with Crippen LogP contribution in [0.5, 0.6) is 17.2 Å². The molecule has 1 aliphatic heterocycles. The van der Waals surface area contributed by atoms with E-state index in [0.717, 1.165) is 4.88 Å². The summed E-state index contributed by atoms with van der Waals surface area (Å²) in [6.45, 7) is 0. The van der Waals surface area contributed by atoms with Gasteiger partial charge in [0.15, 0.2) is 11.5 Å². The van der Waals surface area contributed by atoms with Crippen molar-refractivity contribution in [3.63, 3.8) is 0 Å². The number of thiophene rings is 1. The van der Waals surface area contributed by atoms with Gasteiger partial charge >= 0.3 is 0 Å². The minimum Gasteiger partial charge on any atom is -0.496 e. The molecule has 1 amide bonds. The minimum absolute atomic E-state index is 0.0531. The second-order valence-corrected chi connectivity index (χ2v) is 10.3. The Hall–Kier alpha value is -2.75. The molecule has 4 rings (SSSR count). The highest BCUT2D eigenvalue weighted by Gasteiger charge is 2.36. The van der Waals surface area contributed by atoms with Crippen LogP contribution >= 0.6 is 22.9 Å². The number of rotatable bonds is 6. The number of ether oxygens (including phenoxy) is 3. The first-order valence-corrected chi connectivity index (χ1v) is 12.3. The van der Waals surface area contributed by atoms with E-state index in [1.165, 1.54) is 56.9 Å². The van der Waals surface area contributed by atoms with E-state index in [-0.39, 0.29) is 22.1 Å². The van der Waals surface area contributed by atoms with Gasteiger partial charge in [0.2, 0.25) is 15.7 Å². The van der Waals surface area contributed by atoms with E-state index in [4.69, 9.17) is 25.8 Å². The molecule has 2 heterocycles. The quantitative estimate of drug-likeness (QED) is 0.533. The van der Waals surface area contributed by atoms with Gasteiger partial charge in [-0.25, -0.2) is 8.42 Å². The molecular formula is C22H20ClNO6S2. The Labute approximate surface area is 194 Å². The van der Waals surface area contributed by atoms with Gasteiger partial charge in [-0.15, -0.1) is 11.3 Å². The van der Waals surface area contributed by atoms with Crippen LogP contribution in [0.3, 0.4) is 0 Å². The number of carbonyl (C=O) groups excluding carboxylic acids is 1. The zero-order valence-electron chi connectivity index (χ0n) is 17.5. The number of nitrogens with one attached hydrogen (secondary N) is 1. The smallest absolute Gasteiger partial charge is 0.225 e. The molecule has 1 N–H and O–H groups in total. The van der Waals surface area contributed by atoms with Crippen LogP contribution in [0.25, 0.3) is 0 Å². The molecule has 0 spiro atoms. The van der Waals surface area contributed by atoms with Gasteiger partial charge in [-0.1, -0.05) is 11.6 Å². The number of benzene rings is 2. The van der Waals surface area contributed by atoms with Crippen LogP contribution in [0.4, 0.5) is 5.69 Å². The molecular weight excluding hydrogens is 474 g/mol. The van der Waals surface area contributed by atoms with Crippen molar-refractivity contribution in [2.45, 2.75) is 22.1 Å². The molecule has 0 saturated heterocycles. The van der Waals surface area contributed by atoms with Crippen molar-refractivity contribution in [1.82, 2.24) is 0 Å². The molecule has 0 saturated carbocycles. The lowest BCUT2D eigenvalue weighted by atomic mass is 9.89. The summed E-state index contributed by atoms with van der Waals surface area (Å²) >= 11 is 7.18. The van der Waals surface area contributed by atoms with Crippen LogP contribution in [0.15, 0.2) is 51.6 Å². The number of fused-ring (bicyclic) bond motifs is 1. The molecule has 0 radical (unpaired) electrons. The second kappa shape index (κ2) is 8.65. The zero-order valence-corrected chi connectivity index (χ0v) is 19.9. The second-order valence-electron chi connectivity index (χ2n) is 7.05. The molecule has 1 aliphatic rings. The third-order valence-corrected chi connectivity index (χ3v) is 8.57. The van der Waals surface area contributed by atoms with E-state index >= 15 is 0 Å². The number of amides is 1. The molecule has 1 atom stereocenters. The Morgan fingerprint density at radius 3 is 2.25 bits per heavy atom. The first-order valence-electron chi connectivity index (χ1n) is 9.52. The average molecular weight is 494 g/mol. The van der Waals surface area contributed by atoms with E-state index in [0.29, 0.717) is 33.5 Å². The van der Waals surface area contributed by atoms with Gasteiger partial charge in [-0.3, -0.25) is 4.79 Å². The summed E-state index contributed by atoms with van der Waals surface area (Å²) in [5, 5.41) is 4.74. The summed E-state index contributed by atoms with van der Waals surface area (Å²) in [6.07, 6.45) is 0.139. The molecule has 10 heteroatoms. The molecule has 3 aromatic rings. The van der Waals surface area contributed by atoms with Crippen LogP contribution in [0, 0.1) is 0 Å². The normalized spacial score (nSPS) is 15.6.